The number of nitrogens with zero attached hydrogens (tertiary/aromatic N) is 3. The van der Waals surface area contributed by atoms with Crippen LogP contribution in [0.2, 0.25) is 10.0 Å². The van der Waals surface area contributed by atoms with Gasteiger partial charge in [0.1, 0.15) is 17.1 Å². The number of oxazole rings is 1. The van der Waals surface area contributed by atoms with E-state index in [2.05, 4.69) is 5.10 Å². The number of benzene rings is 1. The van der Waals surface area contributed by atoms with Crippen LogP contribution in [-0.4, -0.2) is 14.5 Å². The average molecular weight is 354 g/mol. The van der Waals surface area contributed by atoms with Gasteiger partial charge in [0.15, 0.2) is 0 Å². The molecule has 0 saturated heterocycles. The fraction of sp³-hybridized carbons (Fsp3) is 0.267. The van der Waals surface area contributed by atoms with Crippen molar-refractivity contribution in [3.05, 3.63) is 49.8 Å². The van der Waals surface area contributed by atoms with Gasteiger partial charge in [0.2, 0.25) is 0 Å². The quantitative estimate of drug-likeness (QED) is 0.476. The van der Waals surface area contributed by atoms with Gasteiger partial charge in [-0.2, -0.15) is 9.61 Å². The topological polar surface area (TPSA) is 73.6 Å². The summed E-state index contributed by atoms with van der Waals surface area (Å²) in [7, 11) is 0. The third-order valence-electron chi connectivity index (χ3n) is 3.56. The first-order chi connectivity index (χ1) is 10.8. The van der Waals surface area contributed by atoms with Gasteiger partial charge in [0.05, 0.1) is 9.95 Å². The monoisotopic (exact) mass is 353 g/mol. The Bertz CT molecular complexity index is 928. The highest BCUT2D eigenvalue weighted by molar-refractivity contribution is 6.36. The lowest BCUT2D eigenvalue weighted by Crippen LogP contribution is -1.97. The summed E-state index contributed by atoms with van der Waals surface area (Å²) in [5, 5.41) is 16.7. The maximum absolute atomic E-state index is 11.4. The number of aryl methyl sites for hydroxylation is 1. The predicted molar refractivity (Wildman–Crippen MR) is 88.4 cm³/mol. The van der Waals surface area contributed by atoms with Gasteiger partial charge in [-0.05, 0) is 25.1 Å². The third-order valence-corrected chi connectivity index (χ3v) is 4.10. The molecule has 0 fully saturated rings. The Balaban J connectivity index is 2.36. The number of aromatic nitrogens is 2. The number of halogens is 2. The Morgan fingerprint density at radius 2 is 2.04 bits per heavy atom. The molecule has 8 heteroatoms. The van der Waals surface area contributed by atoms with Crippen LogP contribution >= 0.6 is 23.2 Å². The predicted octanol–water partition coefficient (Wildman–Crippen LogP) is 5.24. The van der Waals surface area contributed by atoms with E-state index in [4.69, 9.17) is 27.6 Å². The SMILES string of the molecule is Cc1oc2c([N+](=O)[O-])c(C(C)C)nn2c1-c1ccc(Cl)cc1Cl. The van der Waals surface area contributed by atoms with Crippen molar-refractivity contribution in [3.63, 3.8) is 0 Å². The van der Waals surface area contributed by atoms with E-state index in [1.54, 1.807) is 25.1 Å². The molecular weight excluding hydrogens is 341 g/mol. The summed E-state index contributed by atoms with van der Waals surface area (Å²) in [5.74, 6) is 0.384. The summed E-state index contributed by atoms with van der Waals surface area (Å²) in [5.41, 5.74) is 1.61. The summed E-state index contributed by atoms with van der Waals surface area (Å²) < 4.78 is 7.07. The van der Waals surface area contributed by atoms with Crippen LogP contribution in [0.5, 0.6) is 0 Å². The van der Waals surface area contributed by atoms with Crippen molar-refractivity contribution in [2.75, 3.05) is 0 Å². The first-order valence-electron chi connectivity index (χ1n) is 6.93. The van der Waals surface area contributed by atoms with Gasteiger partial charge < -0.3 is 4.42 Å². The standard InChI is InChI=1S/C15H13Cl2N3O3/c1-7(2)12-14(20(21)22)15-19(18-12)13(8(3)23-15)10-5-4-9(16)6-11(10)17/h4-7H,1-3H3. The molecule has 0 radical (unpaired) electrons. The van der Waals surface area contributed by atoms with Crippen LogP contribution in [-0.2, 0) is 0 Å². The molecule has 2 aromatic heterocycles. The van der Waals surface area contributed by atoms with Crippen LogP contribution in [0.25, 0.3) is 17.0 Å². The highest BCUT2D eigenvalue weighted by atomic mass is 35.5. The first kappa shape index (κ1) is 15.8. The van der Waals surface area contributed by atoms with Crippen molar-refractivity contribution < 1.29 is 9.34 Å². The van der Waals surface area contributed by atoms with Crippen molar-refractivity contribution in [3.8, 4) is 11.3 Å². The molecule has 0 aliphatic heterocycles. The van der Waals surface area contributed by atoms with Gasteiger partial charge in [-0.25, -0.2) is 0 Å². The molecule has 0 N–H and O–H groups in total. The Kier molecular flexibility index (Phi) is 3.82. The second-order valence-electron chi connectivity index (χ2n) is 5.49. The van der Waals surface area contributed by atoms with E-state index in [0.717, 1.165) is 0 Å². The molecule has 6 nitrogen and oxygen atoms in total. The lowest BCUT2D eigenvalue weighted by atomic mass is 10.1. The van der Waals surface area contributed by atoms with E-state index in [0.29, 0.717) is 32.8 Å². The van der Waals surface area contributed by atoms with E-state index >= 15 is 0 Å². The van der Waals surface area contributed by atoms with Crippen LogP contribution in [0.4, 0.5) is 5.69 Å². The van der Waals surface area contributed by atoms with Gasteiger partial charge in [0, 0.05) is 16.5 Å². The zero-order valence-corrected chi connectivity index (χ0v) is 14.1. The van der Waals surface area contributed by atoms with Gasteiger partial charge in [-0.15, -0.1) is 0 Å². The molecule has 0 amide bonds. The first-order valence-corrected chi connectivity index (χ1v) is 7.68. The molecule has 0 bridgehead atoms. The van der Waals surface area contributed by atoms with Crippen LogP contribution in [0, 0.1) is 17.0 Å². The Morgan fingerprint density at radius 1 is 1.35 bits per heavy atom. The lowest BCUT2D eigenvalue weighted by molar-refractivity contribution is -0.384. The van der Waals surface area contributed by atoms with Crippen molar-refractivity contribution >= 4 is 34.6 Å². The summed E-state index contributed by atoms with van der Waals surface area (Å²) in [6.45, 7) is 5.40. The van der Waals surface area contributed by atoms with Crippen LogP contribution in [0.15, 0.2) is 22.6 Å². The summed E-state index contributed by atoms with van der Waals surface area (Å²) in [4.78, 5) is 11.0. The van der Waals surface area contributed by atoms with Crippen molar-refractivity contribution in [1.29, 1.82) is 0 Å². The van der Waals surface area contributed by atoms with E-state index < -0.39 is 4.92 Å². The molecule has 0 atom stereocenters. The van der Waals surface area contributed by atoms with Crippen LogP contribution in [0.3, 0.4) is 0 Å². The summed E-state index contributed by atoms with van der Waals surface area (Å²) in [6.07, 6.45) is 0. The minimum absolute atomic E-state index is 0.109. The second kappa shape index (κ2) is 5.54. The van der Waals surface area contributed by atoms with Crippen molar-refractivity contribution in [1.82, 2.24) is 9.61 Å². The summed E-state index contributed by atoms with van der Waals surface area (Å²) >= 11 is 12.2. The van der Waals surface area contributed by atoms with Crippen molar-refractivity contribution in [2.45, 2.75) is 26.7 Å². The maximum Gasteiger partial charge on any atom is 0.354 e. The number of hydrogen-bond acceptors (Lipinski definition) is 4. The van der Waals surface area contributed by atoms with Crippen LogP contribution < -0.4 is 0 Å². The largest absolute Gasteiger partial charge is 0.436 e. The molecule has 3 aromatic rings. The number of fused-ring (bicyclic) bond motifs is 1. The van der Waals surface area contributed by atoms with Gasteiger partial charge in [-0.3, -0.25) is 10.1 Å². The zero-order valence-electron chi connectivity index (χ0n) is 12.6. The molecule has 120 valence electrons. The molecular formula is C15H13Cl2N3O3. The van der Waals surface area contributed by atoms with E-state index in [1.807, 2.05) is 13.8 Å². The molecule has 3 rings (SSSR count). The molecule has 2 heterocycles. The normalized spacial score (nSPS) is 11.6. The fourth-order valence-electron chi connectivity index (χ4n) is 2.54. The minimum atomic E-state index is -0.464. The Hall–Kier alpha value is -2.05. The molecule has 0 saturated carbocycles. The van der Waals surface area contributed by atoms with E-state index in [1.165, 1.54) is 4.52 Å². The molecule has 1 aromatic carbocycles. The average Bonchev–Trinajstić information content (AvgIpc) is 2.94. The third kappa shape index (κ3) is 2.48. The molecule has 0 aliphatic carbocycles. The number of nitro groups is 1. The zero-order chi connectivity index (χ0) is 16.9. The molecule has 0 aliphatic rings. The van der Waals surface area contributed by atoms with Gasteiger partial charge in [0.25, 0.3) is 0 Å². The Morgan fingerprint density at radius 3 is 2.61 bits per heavy atom. The van der Waals surface area contributed by atoms with E-state index in [-0.39, 0.29) is 17.3 Å². The van der Waals surface area contributed by atoms with Gasteiger partial charge in [-0.1, -0.05) is 37.0 Å². The maximum atomic E-state index is 11.4. The number of hydrogen-bond donors (Lipinski definition) is 0. The number of rotatable bonds is 3. The minimum Gasteiger partial charge on any atom is -0.436 e. The van der Waals surface area contributed by atoms with Crippen LogP contribution in [0.1, 0.15) is 31.2 Å². The van der Waals surface area contributed by atoms with Crippen molar-refractivity contribution in [2.24, 2.45) is 0 Å². The molecule has 0 spiro atoms. The highest BCUT2D eigenvalue weighted by Crippen LogP contribution is 2.38. The fourth-order valence-corrected chi connectivity index (χ4v) is 3.04. The molecule has 23 heavy (non-hydrogen) atoms. The smallest absolute Gasteiger partial charge is 0.354 e. The van der Waals surface area contributed by atoms with Gasteiger partial charge >= 0.3 is 11.4 Å². The second-order valence-corrected chi connectivity index (χ2v) is 6.34. The molecule has 0 unspecified atom stereocenters. The highest BCUT2D eigenvalue weighted by Gasteiger charge is 2.31. The van der Waals surface area contributed by atoms with E-state index in [9.17, 15) is 10.1 Å². The lowest BCUT2D eigenvalue weighted by Gasteiger charge is -2.04. The summed E-state index contributed by atoms with van der Waals surface area (Å²) in [6, 6.07) is 5.05. The Labute approximate surface area is 141 Å².